The van der Waals surface area contributed by atoms with Crippen molar-refractivity contribution in [2.75, 3.05) is 6.61 Å². The van der Waals surface area contributed by atoms with Crippen LogP contribution < -0.4 is 0 Å². The summed E-state index contributed by atoms with van der Waals surface area (Å²) in [7, 11) is 0. The summed E-state index contributed by atoms with van der Waals surface area (Å²) >= 11 is 0. The predicted octanol–water partition coefficient (Wildman–Crippen LogP) is 4.91. The number of carbonyl (C=O) groups excluding carboxylic acids is 1. The monoisotopic (exact) mass is 276 g/mol. The van der Waals surface area contributed by atoms with Crippen LogP contribution >= 0.6 is 0 Å². The summed E-state index contributed by atoms with van der Waals surface area (Å²) < 4.78 is 5.63. The standard InChI is InChI=1S/C18H28O2/c1-2-3-13-18(19)14-9-4-5-10-15-20-16-17-11-7-6-8-12-17/h6-8,11-12H,2-5,9-10,13-16H2,1H3. The van der Waals surface area contributed by atoms with Gasteiger partial charge in [-0.2, -0.15) is 0 Å². The molecule has 0 radical (unpaired) electrons. The van der Waals surface area contributed by atoms with Crippen LogP contribution in [0.15, 0.2) is 30.3 Å². The van der Waals surface area contributed by atoms with Gasteiger partial charge < -0.3 is 4.74 Å². The first-order valence-electron chi connectivity index (χ1n) is 7.96. The van der Waals surface area contributed by atoms with Crippen molar-refractivity contribution in [3.63, 3.8) is 0 Å². The van der Waals surface area contributed by atoms with E-state index in [1.165, 1.54) is 5.56 Å². The SMILES string of the molecule is CCCCC(=O)CCCCCCOCc1ccccc1. The average molecular weight is 276 g/mol. The molecule has 1 aromatic rings. The molecule has 2 nitrogen and oxygen atoms in total. The maximum absolute atomic E-state index is 11.5. The third-order valence-corrected chi connectivity index (χ3v) is 3.42. The van der Waals surface area contributed by atoms with Gasteiger partial charge in [-0.25, -0.2) is 0 Å². The quantitative estimate of drug-likeness (QED) is 0.507. The molecule has 0 atom stereocenters. The smallest absolute Gasteiger partial charge is 0.132 e. The van der Waals surface area contributed by atoms with Crippen molar-refractivity contribution in [2.45, 2.75) is 64.9 Å². The van der Waals surface area contributed by atoms with Crippen LogP contribution in [0.3, 0.4) is 0 Å². The fourth-order valence-corrected chi connectivity index (χ4v) is 2.14. The normalized spacial score (nSPS) is 10.7. The van der Waals surface area contributed by atoms with Gasteiger partial charge in [-0.05, 0) is 24.8 Å². The maximum Gasteiger partial charge on any atom is 0.132 e. The number of ether oxygens (including phenoxy) is 1. The lowest BCUT2D eigenvalue weighted by Crippen LogP contribution is -1.98. The molecule has 1 rings (SSSR count). The van der Waals surface area contributed by atoms with Gasteiger partial charge in [0.15, 0.2) is 0 Å². The van der Waals surface area contributed by atoms with E-state index in [1.807, 2.05) is 18.2 Å². The minimum absolute atomic E-state index is 0.437. The number of hydrogen-bond donors (Lipinski definition) is 0. The summed E-state index contributed by atoms with van der Waals surface area (Å²) in [4.78, 5) is 11.5. The number of benzene rings is 1. The van der Waals surface area contributed by atoms with E-state index in [4.69, 9.17) is 4.74 Å². The molecule has 0 aliphatic heterocycles. The number of ketones is 1. The Morgan fingerprint density at radius 3 is 2.40 bits per heavy atom. The second-order valence-electron chi connectivity index (χ2n) is 5.34. The molecule has 0 amide bonds. The fraction of sp³-hybridized carbons (Fsp3) is 0.611. The lowest BCUT2D eigenvalue weighted by atomic mass is 10.1. The van der Waals surface area contributed by atoms with E-state index in [0.29, 0.717) is 12.4 Å². The molecule has 112 valence electrons. The molecule has 2 heteroatoms. The Balaban J connectivity index is 1.86. The van der Waals surface area contributed by atoms with Crippen molar-refractivity contribution in [2.24, 2.45) is 0 Å². The minimum atomic E-state index is 0.437. The highest BCUT2D eigenvalue weighted by atomic mass is 16.5. The van der Waals surface area contributed by atoms with E-state index >= 15 is 0 Å². The van der Waals surface area contributed by atoms with E-state index in [9.17, 15) is 4.79 Å². The maximum atomic E-state index is 11.5. The highest BCUT2D eigenvalue weighted by Gasteiger charge is 2.00. The Bertz CT molecular complexity index is 346. The van der Waals surface area contributed by atoms with E-state index in [-0.39, 0.29) is 0 Å². The minimum Gasteiger partial charge on any atom is -0.377 e. The van der Waals surface area contributed by atoms with E-state index < -0.39 is 0 Å². The third kappa shape index (κ3) is 8.87. The van der Waals surface area contributed by atoms with Gasteiger partial charge in [0.1, 0.15) is 5.78 Å². The van der Waals surface area contributed by atoms with Crippen molar-refractivity contribution in [1.29, 1.82) is 0 Å². The topological polar surface area (TPSA) is 26.3 Å². The molecule has 0 N–H and O–H groups in total. The molecule has 0 bridgehead atoms. The Kier molecular flexibility index (Phi) is 9.85. The van der Waals surface area contributed by atoms with Crippen molar-refractivity contribution >= 4 is 5.78 Å². The third-order valence-electron chi connectivity index (χ3n) is 3.42. The molecule has 0 saturated carbocycles. The lowest BCUT2D eigenvalue weighted by Gasteiger charge is -2.04. The van der Waals surface area contributed by atoms with Crippen molar-refractivity contribution in [1.82, 2.24) is 0 Å². The van der Waals surface area contributed by atoms with Crippen molar-refractivity contribution in [3.8, 4) is 0 Å². The zero-order valence-electron chi connectivity index (χ0n) is 12.8. The first-order chi connectivity index (χ1) is 9.83. The van der Waals surface area contributed by atoms with Gasteiger partial charge >= 0.3 is 0 Å². The van der Waals surface area contributed by atoms with Gasteiger partial charge in [0, 0.05) is 19.4 Å². The van der Waals surface area contributed by atoms with Gasteiger partial charge in [0.25, 0.3) is 0 Å². The van der Waals surface area contributed by atoms with Gasteiger partial charge in [-0.1, -0.05) is 56.5 Å². The summed E-state index contributed by atoms with van der Waals surface area (Å²) in [5.74, 6) is 0.437. The van der Waals surface area contributed by atoms with Crippen LogP contribution in [0.1, 0.15) is 63.9 Å². The molecule has 20 heavy (non-hydrogen) atoms. The summed E-state index contributed by atoms with van der Waals surface area (Å²) in [5, 5.41) is 0. The van der Waals surface area contributed by atoms with Crippen molar-refractivity contribution < 1.29 is 9.53 Å². The number of Topliss-reactive ketones (excluding diaryl/α,β-unsaturated/α-hetero) is 1. The molecular weight excluding hydrogens is 248 g/mol. The van der Waals surface area contributed by atoms with Crippen LogP contribution in [0.2, 0.25) is 0 Å². The summed E-state index contributed by atoms with van der Waals surface area (Å²) in [6, 6.07) is 10.3. The molecule has 0 aliphatic rings. The van der Waals surface area contributed by atoms with Gasteiger partial charge in [-0.3, -0.25) is 4.79 Å². The highest BCUT2D eigenvalue weighted by Crippen LogP contribution is 2.08. The first kappa shape index (κ1) is 16.9. The lowest BCUT2D eigenvalue weighted by molar-refractivity contribution is -0.119. The zero-order chi connectivity index (χ0) is 14.5. The van der Waals surface area contributed by atoms with Gasteiger partial charge in [0.05, 0.1) is 6.61 Å². The van der Waals surface area contributed by atoms with E-state index in [1.54, 1.807) is 0 Å². The number of rotatable bonds is 12. The summed E-state index contributed by atoms with van der Waals surface area (Å²) in [5.41, 5.74) is 1.23. The molecule has 0 unspecified atom stereocenters. The van der Waals surface area contributed by atoms with Crippen LogP contribution in [-0.2, 0) is 16.1 Å². The Hall–Kier alpha value is -1.15. The van der Waals surface area contributed by atoms with Crippen LogP contribution in [0, 0.1) is 0 Å². The summed E-state index contributed by atoms with van der Waals surface area (Å²) in [6.45, 7) is 3.65. The molecule has 0 aliphatic carbocycles. The molecule has 0 heterocycles. The number of unbranched alkanes of at least 4 members (excludes halogenated alkanes) is 4. The zero-order valence-corrected chi connectivity index (χ0v) is 12.8. The van der Waals surface area contributed by atoms with Crippen molar-refractivity contribution in [3.05, 3.63) is 35.9 Å². The second-order valence-corrected chi connectivity index (χ2v) is 5.34. The average Bonchev–Trinajstić information content (AvgIpc) is 2.49. The largest absolute Gasteiger partial charge is 0.377 e. The van der Waals surface area contributed by atoms with Gasteiger partial charge in [0.2, 0.25) is 0 Å². The Morgan fingerprint density at radius 1 is 0.950 bits per heavy atom. The predicted molar refractivity (Wildman–Crippen MR) is 83.7 cm³/mol. The molecule has 0 spiro atoms. The molecular formula is C18H28O2. The molecule has 0 aromatic heterocycles. The number of carbonyl (C=O) groups is 1. The summed E-state index contributed by atoms with van der Waals surface area (Å²) in [6.07, 6.45) is 8.15. The van der Waals surface area contributed by atoms with Crippen LogP contribution in [0.25, 0.3) is 0 Å². The number of hydrogen-bond acceptors (Lipinski definition) is 2. The molecule has 0 saturated heterocycles. The van der Waals surface area contributed by atoms with Crippen LogP contribution in [0.5, 0.6) is 0 Å². The molecule has 1 aromatic carbocycles. The Morgan fingerprint density at radius 2 is 1.65 bits per heavy atom. The fourth-order valence-electron chi connectivity index (χ4n) is 2.14. The Labute approximate surface area is 123 Å². The first-order valence-corrected chi connectivity index (χ1v) is 7.96. The van der Waals surface area contributed by atoms with E-state index in [2.05, 4.69) is 19.1 Å². The van der Waals surface area contributed by atoms with Crippen LogP contribution in [0.4, 0.5) is 0 Å². The second kappa shape index (κ2) is 11.7. The van der Waals surface area contributed by atoms with Gasteiger partial charge in [-0.15, -0.1) is 0 Å². The highest BCUT2D eigenvalue weighted by molar-refractivity contribution is 5.78. The van der Waals surface area contributed by atoms with E-state index in [0.717, 1.165) is 58.0 Å². The molecule has 0 fully saturated rings. The van der Waals surface area contributed by atoms with Crippen LogP contribution in [-0.4, -0.2) is 12.4 Å².